The maximum Gasteiger partial charge on any atom is 0.158 e. The summed E-state index contributed by atoms with van der Waals surface area (Å²) in [5.41, 5.74) is 5.75. The number of halogens is 1. The van der Waals surface area contributed by atoms with Crippen LogP contribution in [0.15, 0.2) is 78.1 Å². The third-order valence-electron chi connectivity index (χ3n) is 5.05. The molecule has 5 aromatic rings. The van der Waals surface area contributed by atoms with Crippen LogP contribution in [0, 0.1) is 5.82 Å². The first-order valence-electron chi connectivity index (χ1n) is 10.0. The van der Waals surface area contributed by atoms with Crippen molar-refractivity contribution < 1.29 is 9.13 Å². The van der Waals surface area contributed by atoms with E-state index in [1.165, 1.54) is 12.1 Å². The average molecular weight is 466 g/mol. The number of hydrogen-bond donors (Lipinski definition) is 1. The third-order valence-corrected chi connectivity index (χ3v) is 6.96. The van der Waals surface area contributed by atoms with Gasteiger partial charge in [0.2, 0.25) is 0 Å². The topological polar surface area (TPSA) is 68.6 Å². The molecule has 0 amide bonds. The Balaban J connectivity index is 0.000000139. The summed E-state index contributed by atoms with van der Waals surface area (Å²) < 4.78 is 20.9. The Bertz CT molecular complexity index is 1230. The van der Waals surface area contributed by atoms with Crippen molar-refractivity contribution in [1.29, 1.82) is 0 Å². The summed E-state index contributed by atoms with van der Waals surface area (Å²) >= 11 is 3.33. The molecule has 1 saturated heterocycles. The summed E-state index contributed by atoms with van der Waals surface area (Å²) in [5, 5.41) is 1.98. The Labute approximate surface area is 192 Å². The van der Waals surface area contributed by atoms with Crippen LogP contribution in [-0.4, -0.2) is 36.9 Å². The molecular weight excluding hydrogens is 445 g/mol. The number of nitrogens with one attached hydrogen (secondary N) is 1. The number of nitrogens with zero attached hydrogens (tertiary/aromatic N) is 4. The normalized spacial score (nSPS) is 17.9. The molecular formula is C23H20FN5OS2. The fraction of sp³-hybridized carbons (Fsp3) is 0.174. The van der Waals surface area contributed by atoms with Crippen LogP contribution in [0.2, 0.25) is 0 Å². The van der Waals surface area contributed by atoms with Crippen LogP contribution in [0.5, 0.6) is 0 Å². The second-order valence-corrected chi connectivity index (χ2v) is 9.24. The van der Waals surface area contributed by atoms with E-state index in [-0.39, 0.29) is 5.82 Å². The zero-order valence-corrected chi connectivity index (χ0v) is 18.7. The molecule has 32 heavy (non-hydrogen) atoms. The molecule has 2 aromatic carbocycles. The average Bonchev–Trinajstić information content (AvgIpc) is 3.62. The SMILES string of the molecule is Fc1ccc(C2(Cn3ccnc3)OCCS2)cc1.c1ccc2[nH]c(-c3cscn3)nc2c1. The number of para-hydroxylation sites is 2. The number of hydrogen-bond acceptors (Lipinski definition) is 6. The molecule has 0 radical (unpaired) electrons. The number of benzene rings is 2. The number of aromatic amines is 1. The van der Waals surface area contributed by atoms with E-state index < -0.39 is 4.93 Å². The number of thiazole rings is 1. The van der Waals surface area contributed by atoms with Crippen LogP contribution in [0.1, 0.15) is 5.56 Å². The number of rotatable bonds is 4. The van der Waals surface area contributed by atoms with Gasteiger partial charge in [0.15, 0.2) is 10.8 Å². The molecule has 0 bridgehead atoms. The summed E-state index contributed by atoms with van der Waals surface area (Å²) in [6, 6.07) is 14.5. The Hall–Kier alpha value is -3.01. The van der Waals surface area contributed by atoms with Crippen molar-refractivity contribution in [3.8, 4) is 11.5 Å². The number of thioether (sulfide) groups is 1. The van der Waals surface area contributed by atoms with Crippen molar-refractivity contribution >= 4 is 34.1 Å². The van der Waals surface area contributed by atoms with Crippen LogP contribution >= 0.6 is 23.1 Å². The predicted molar refractivity (Wildman–Crippen MR) is 126 cm³/mol. The molecule has 1 unspecified atom stereocenters. The van der Waals surface area contributed by atoms with Gasteiger partial charge < -0.3 is 14.3 Å². The van der Waals surface area contributed by atoms with Gasteiger partial charge in [-0.3, -0.25) is 0 Å². The van der Waals surface area contributed by atoms with Crippen molar-refractivity contribution in [3.63, 3.8) is 0 Å². The molecule has 9 heteroatoms. The molecule has 6 rings (SSSR count). The Morgan fingerprint density at radius 2 is 2.03 bits per heavy atom. The Morgan fingerprint density at radius 1 is 1.16 bits per heavy atom. The van der Waals surface area contributed by atoms with E-state index >= 15 is 0 Å². The molecule has 3 aromatic heterocycles. The number of aromatic nitrogens is 5. The number of imidazole rings is 2. The molecule has 0 saturated carbocycles. The summed E-state index contributed by atoms with van der Waals surface area (Å²) in [4.78, 5) is 15.5. The lowest BCUT2D eigenvalue weighted by Gasteiger charge is -2.28. The Kier molecular flexibility index (Phi) is 6.02. The predicted octanol–water partition coefficient (Wildman–Crippen LogP) is 5.33. The first kappa shape index (κ1) is 20.9. The van der Waals surface area contributed by atoms with Crippen LogP contribution < -0.4 is 0 Å². The standard InChI is InChI=1S/C13H13FN2OS.C10H7N3S/c14-12-3-1-11(2-4-12)13(17-7-8-18-13)9-16-6-5-15-10-16;1-2-4-8-7(3-1)12-10(13-8)9-5-14-6-11-9/h1-6,10H,7-9H2;1-6H,(H,12,13). The number of H-pyrrole nitrogens is 1. The maximum atomic E-state index is 13.0. The van der Waals surface area contributed by atoms with Crippen LogP contribution in [0.3, 0.4) is 0 Å². The lowest BCUT2D eigenvalue weighted by Crippen LogP contribution is -2.27. The lowest BCUT2D eigenvalue weighted by molar-refractivity contribution is 0.0357. The van der Waals surface area contributed by atoms with E-state index in [4.69, 9.17) is 4.74 Å². The molecule has 1 aliphatic heterocycles. The second kappa shape index (κ2) is 9.23. The van der Waals surface area contributed by atoms with Gasteiger partial charge in [0.25, 0.3) is 0 Å². The first-order chi connectivity index (χ1) is 15.7. The van der Waals surface area contributed by atoms with Crippen molar-refractivity contribution in [2.75, 3.05) is 12.4 Å². The van der Waals surface area contributed by atoms with Gasteiger partial charge in [0.05, 0.1) is 36.0 Å². The van der Waals surface area contributed by atoms with Gasteiger partial charge in [-0.25, -0.2) is 19.3 Å². The molecule has 162 valence electrons. The lowest BCUT2D eigenvalue weighted by atomic mass is 10.1. The van der Waals surface area contributed by atoms with E-state index in [9.17, 15) is 4.39 Å². The molecule has 1 aliphatic rings. The monoisotopic (exact) mass is 465 g/mol. The van der Waals surface area contributed by atoms with E-state index in [1.54, 1.807) is 47.8 Å². The van der Waals surface area contributed by atoms with Crippen molar-refractivity contribution in [1.82, 2.24) is 24.5 Å². The highest BCUT2D eigenvalue weighted by Gasteiger charge is 2.38. The second-order valence-electron chi connectivity index (χ2n) is 7.17. The van der Waals surface area contributed by atoms with E-state index in [0.717, 1.165) is 40.5 Å². The van der Waals surface area contributed by atoms with Crippen molar-refractivity contribution in [2.45, 2.75) is 11.5 Å². The number of ether oxygens (including phenoxy) is 1. The Morgan fingerprint density at radius 3 is 2.72 bits per heavy atom. The van der Waals surface area contributed by atoms with Gasteiger partial charge in [0.1, 0.15) is 11.5 Å². The van der Waals surface area contributed by atoms with Gasteiger partial charge in [0, 0.05) is 23.5 Å². The van der Waals surface area contributed by atoms with Gasteiger partial charge in [-0.1, -0.05) is 24.3 Å². The highest BCUT2D eigenvalue weighted by molar-refractivity contribution is 8.00. The van der Waals surface area contributed by atoms with E-state index in [0.29, 0.717) is 6.54 Å². The molecule has 0 aliphatic carbocycles. The third kappa shape index (κ3) is 4.45. The van der Waals surface area contributed by atoms with Crippen LogP contribution in [0.25, 0.3) is 22.6 Å². The fourth-order valence-corrected chi connectivity index (χ4v) is 5.27. The molecule has 6 nitrogen and oxygen atoms in total. The van der Waals surface area contributed by atoms with Crippen molar-refractivity contribution in [2.24, 2.45) is 0 Å². The number of fused-ring (bicyclic) bond motifs is 1. The molecule has 0 spiro atoms. The molecule has 1 N–H and O–H groups in total. The zero-order chi connectivity index (χ0) is 21.8. The van der Waals surface area contributed by atoms with Gasteiger partial charge >= 0.3 is 0 Å². The van der Waals surface area contributed by atoms with Gasteiger partial charge in [-0.15, -0.1) is 23.1 Å². The summed E-state index contributed by atoms with van der Waals surface area (Å²) in [5.74, 6) is 1.57. The largest absolute Gasteiger partial charge is 0.357 e. The molecule has 1 fully saturated rings. The highest BCUT2D eigenvalue weighted by atomic mass is 32.2. The smallest absolute Gasteiger partial charge is 0.158 e. The van der Waals surface area contributed by atoms with Crippen LogP contribution in [-0.2, 0) is 16.2 Å². The zero-order valence-electron chi connectivity index (χ0n) is 17.0. The summed E-state index contributed by atoms with van der Waals surface area (Å²) in [7, 11) is 0. The van der Waals surface area contributed by atoms with Gasteiger partial charge in [-0.2, -0.15) is 0 Å². The first-order valence-corrected chi connectivity index (χ1v) is 12.0. The minimum atomic E-state index is -0.422. The molecule has 1 atom stereocenters. The maximum absolute atomic E-state index is 13.0. The summed E-state index contributed by atoms with van der Waals surface area (Å²) in [6.45, 7) is 1.40. The van der Waals surface area contributed by atoms with E-state index in [1.807, 2.05) is 45.9 Å². The van der Waals surface area contributed by atoms with Gasteiger partial charge in [-0.05, 0) is 29.8 Å². The molecule has 4 heterocycles. The van der Waals surface area contributed by atoms with Crippen molar-refractivity contribution in [3.05, 3.63) is 89.5 Å². The van der Waals surface area contributed by atoms with Crippen LogP contribution in [0.4, 0.5) is 4.39 Å². The minimum Gasteiger partial charge on any atom is -0.357 e. The highest BCUT2D eigenvalue weighted by Crippen LogP contribution is 2.43. The summed E-state index contributed by atoms with van der Waals surface area (Å²) in [6.07, 6.45) is 5.43. The minimum absolute atomic E-state index is 0.223. The van der Waals surface area contributed by atoms with E-state index in [2.05, 4.69) is 19.9 Å². The fourth-order valence-electron chi connectivity index (χ4n) is 3.53. The quantitative estimate of drug-likeness (QED) is 0.389.